The van der Waals surface area contributed by atoms with Gasteiger partial charge in [-0.15, -0.1) is 0 Å². The van der Waals surface area contributed by atoms with Crippen LogP contribution < -0.4 is 0 Å². The summed E-state index contributed by atoms with van der Waals surface area (Å²) >= 11 is 0. The van der Waals surface area contributed by atoms with E-state index >= 15 is 0 Å². The van der Waals surface area contributed by atoms with E-state index in [0.717, 1.165) is 33.2 Å². The number of hydrogen-bond donors (Lipinski definition) is 0. The minimum atomic E-state index is 0.989. The highest BCUT2D eigenvalue weighted by Crippen LogP contribution is 2.46. The molecule has 0 saturated carbocycles. The molecule has 0 fully saturated rings. The lowest BCUT2D eigenvalue weighted by molar-refractivity contribution is 1.19. The van der Waals surface area contributed by atoms with E-state index in [4.69, 9.17) is 4.98 Å². The third-order valence-corrected chi connectivity index (χ3v) is 11.9. The van der Waals surface area contributed by atoms with Gasteiger partial charge in [-0.05, 0) is 84.9 Å². The number of fused-ring (bicyclic) bond motifs is 10. The highest BCUT2D eigenvalue weighted by molar-refractivity contribution is 6.27. The SMILES string of the molecule is c1ccc(-n2c3ccccc3c3ccc4c(-c5ccc(-c6c7ccccc7c(-c7ccc8ccccc8c7)c7ccccc67)cc5)nc5ccccc5c4c32)cc1. The molecule has 2 aromatic heterocycles. The van der Waals surface area contributed by atoms with Crippen molar-refractivity contribution in [2.24, 2.45) is 0 Å². The molecule has 264 valence electrons. The predicted molar refractivity (Wildman–Crippen MR) is 242 cm³/mol. The van der Waals surface area contributed by atoms with E-state index in [0.29, 0.717) is 0 Å². The molecule has 2 heteroatoms. The number of pyridine rings is 1. The van der Waals surface area contributed by atoms with Crippen LogP contribution in [0.25, 0.3) is 115 Å². The van der Waals surface area contributed by atoms with Gasteiger partial charge >= 0.3 is 0 Å². The van der Waals surface area contributed by atoms with Crippen LogP contribution in [0.15, 0.2) is 206 Å². The standard InChI is InChI=1S/C55H34N2/c1-2-16-40(17-3-1)57-50-25-13-11-18-41(50)46-32-33-48-53(55(46)57)47-23-10-12-24-49(47)56-54(48)37-29-27-36(28-30-37)51-42-19-6-8-21-44(42)52(45-22-9-7-20-43(45)51)39-31-26-35-14-4-5-15-38(35)34-39/h1-34H. The molecule has 12 aromatic rings. The summed E-state index contributed by atoms with van der Waals surface area (Å²) in [4.78, 5) is 5.40. The van der Waals surface area contributed by atoms with Gasteiger partial charge in [-0.25, -0.2) is 4.98 Å². The zero-order valence-electron chi connectivity index (χ0n) is 31.0. The monoisotopic (exact) mass is 722 g/mol. The predicted octanol–water partition coefficient (Wildman–Crippen LogP) is 14.9. The summed E-state index contributed by atoms with van der Waals surface area (Å²) in [5.41, 5.74) is 11.6. The van der Waals surface area contributed by atoms with E-state index in [1.807, 2.05) is 0 Å². The smallest absolute Gasteiger partial charge is 0.0788 e. The number of hydrogen-bond acceptors (Lipinski definition) is 1. The van der Waals surface area contributed by atoms with Crippen LogP contribution in [0.2, 0.25) is 0 Å². The molecular weight excluding hydrogens is 689 g/mol. The largest absolute Gasteiger partial charge is 0.309 e. The second-order valence-electron chi connectivity index (χ2n) is 15.0. The Morgan fingerprint density at radius 2 is 0.860 bits per heavy atom. The number of aromatic nitrogens is 2. The maximum Gasteiger partial charge on any atom is 0.0788 e. The van der Waals surface area contributed by atoms with Crippen LogP contribution in [0, 0.1) is 0 Å². The Balaban J connectivity index is 1.09. The van der Waals surface area contributed by atoms with Gasteiger partial charge in [0.15, 0.2) is 0 Å². The van der Waals surface area contributed by atoms with Gasteiger partial charge in [0.25, 0.3) is 0 Å². The Morgan fingerprint density at radius 1 is 0.333 bits per heavy atom. The quantitative estimate of drug-likeness (QED) is 0.131. The number of para-hydroxylation sites is 3. The van der Waals surface area contributed by atoms with Crippen molar-refractivity contribution in [3.05, 3.63) is 206 Å². The van der Waals surface area contributed by atoms with Crippen LogP contribution in [-0.2, 0) is 0 Å². The topological polar surface area (TPSA) is 17.8 Å². The first-order valence-electron chi connectivity index (χ1n) is 19.6. The summed E-state index contributed by atoms with van der Waals surface area (Å²) in [5.74, 6) is 0. The van der Waals surface area contributed by atoms with Gasteiger partial charge in [-0.2, -0.15) is 0 Å². The van der Waals surface area contributed by atoms with E-state index in [-0.39, 0.29) is 0 Å². The van der Waals surface area contributed by atoms with Crippen molar-refractivity contribution in [2.75, 3.05) is 0 Å². The third kappa shape index (κ3) is 4.81. The fourth-order valence-electron chi connectivity index (χ4n) is 9.45. The van der Waals surface area contributed by atoms with Crippen LogP contribution in [0.4, 0.5) is 0 Å². The second-order valence-corrected chi connectivity index (χ2v) is 15.0. The molecule has 0 unspecified atom stereocenters. The molecule has 0 amide bonds. The maximum atomic E-state index is 5.40. The van der Waals surface area contributed by atoms with Gasteiger partial charge in [0, 0.05) is 38.2 Å². The van der Waals surface area contributed by atoms with Crippen molar-refractivity contribution < 1.29 is 0 Å². The van der Waals surface area contributed by atoms with Gasteiger partial charge in [0.05, 0.1) is 22.2 Å². The van der Waals surface area contributed by atoms with E-state index in [9.17, 15) is 0 Å². The molecule has 0 bridgehead atoms. The minimum absolute atomic E-state index is 0.989. The highest BCUT2D eigenvalue weighted by Gasteiger charge is 2.21. The lowest BCUT2D eigenvalue weighted by Crippen LogP contribution is -1.96. The summed E-state index contributed by atoms with van der Waals surface area (Å²) in [6, 6.07) is 75.1. The van der Waals surface area contributed by atoms with E-state index in [1.165, 1.54) is 81.8 Å². The van der Waals surface area contributed by atoms with Crippen LogP contribution in [-0.4, -0.2) is 9.55 Å². The third-order valence-electron chi connectivity index (χ3n) is 11.9. The summed E-state index contributed by atoms with van der Waals surface area (Å²) < 4.78 is 2.43. The Bertz CT molecular complexity index is 3500. The first-order chi connectivity index (χ1) is 28.3. The average Bonchev–Trinajstić information content (AvgIpc) is 3.62. The molecule has 57 heavy (non-hydrogen) atoms. The molecule has 0 atom stereocenters. The van der Waals surface area contributed by atoms with Crippen LogP contribution >= 0.6 is 0 Å². The Kier molecular flexibility index (Phi) is 6.96. The summed E-state index contributed by atoms with van der Waals surface area (Å²) in [5, 5.41) is 13.5. The molecule has 0 spiro atoms. The molecule has 0 aliphatic carbocycles. The average molecular weight is 723 g/mol. The summed E-state index contributed by atoms with van der Waals surface area (Å²) in [7, 11) is 0. The van der Waals surface area contributed by atoms with Gasteiger partial charge in [-0.1, -0.05) is 176 Å². The maximum absolute atomic E-state index is 5.40. The summed E-state index contributed by atoms with van der Waals surface area (Å²) in [6.45, 7) is 0. The number of benzene rings is 10. The molecule has 0 aliphatic rings. The van der Waals surface area contributed by atoms with Crippen molar-refractivity contribution >= 4 is 75.8 Å². The van der Waals surface area contributed by atoms with Crippen molar-refractivity contribution in [2.45, 2.75) is 0 Å². The minimum Gasteiger partial charge on any atom is -0.309 e. The van der Waals surface area contributed by atoms with Crippen LogP contribution in [0.5, 0.6) is 0 Å². The van der Waals surface area contributed by atoms with Crippen molar-refractivity contribution in [3.8, 4) is 39.2 Å². The molecule has 2 nitrogen and oxygen atoms in total. The summed E-state index contributed by atoms with van der Waals surface area (Å²) in [6.07, 6.45) is 0. The number of nitrogens with zero attached hydrogens (tertiary/aromatic N) is 2. The molecule has 12 rings (SSSR count). The Morgan fingerprint density at radius 3 is 1.58 bits per heavy atom. The lowest BCUT2D eigenvalue weighted by atomic mass is 9.85. The van der Waals surface area contributed by atoms with Gasteiger partial charge in [-0.3, -0.25) is 0 Å². The zero-order valence-corrected chi connectivity index (χ0v) is 31.0. The molecule has 0 aliphatic heterocycles. The number of rotatable bonds is 4. The van der Waals surface area contributed by atoms with Gasteiger partial charge < -0.3 is 4.57 Å². The first kappa shape index (κ1) is 31.8. The molecule has 0 N–H and O–H groups in total. The fraction of sp³-hybridized carbons (Fsp3) is 0. The van der Waals surface area contributed by atoms with Crippen LogP contribution in [0.3, 0.4) is 0 Å². The zero-order chi connectivity index (χ0) is 37.5. The Hall–Kier alpha value is -7.55. The fourth-order valence-corrected chi connectivity index (χ4v) is 9.45. The van der Waals surface area contributed by atoms with Gasteiger partial charge in [0.2, 0.25) is 0 Å². The highest BCUT2D eigenvalue weighted by atomic mass is 15.0. The van der Waals surface area contributed by atoms with E-state index < -0.39 is 0 Å². The normalized spacial score (nSPS) is 11.9. The first-order valence-corrected chi connectivity index (χ1v) is 19.6. The molecular formula is C55H34N2. The molecule has 2 heterocycles. The van der Waals surface area contributed by atoms with Crippen molar-refractivity contribution in [1.29, 1.82) is 0 Å². The van der Waals surface area contributed by atoms with Crippen LogP contribution in [0.1, 0.15) is 0 Å². The van der Waals surface area contributed by atoms with Gasteiger partial charge in [0.1, 0.15) is 0 Å². The lowest BCUT2D eigenvalue weighted by Gasteiger charge is -2.18. The van der Waals surface area contributed by atoms with Crippen molar-refractivity contribution in [1.82, 2.24) is 9.55 Å². The second kappa shape index (κ2) is 12.5. The van der Waals surface area contributed by atoms with Crippen molar-refractivity contribution in [3.63, 3.8) is 0 Å². The molecule has 10 aromatic carbocycles. The molecule has 0 saturated heterocycles. The van der Waals surface area contributed by atoms with E-state index in [1.54, 1.807) is 0 Å². The molecule has 0 radical (unpaired) electrons. The Labute approximate surface area is 329 Å². The van der Waals surface area contributed by atoms with E-state index in [2.05, 4.69) is 211 Å².